The number of rotatable bonds is 6. The molecule has 0 unspecified atom stereocenters. The van der Waals surface area contributed by atoms with Crippen molar-refractivity contribution < 1.29 is 27.5 Å². The molecular formula is C16H19N3O6S. The van der Waals surface area contributed by atoms with Crippen LogP contribution in [0.1, 0.15) is 33.3 Å². The van der Waals surface area contributed by atoms with E-state index in [0.29, 0.717) is 12.2 Å². The van der Waals surface area contributed by atoms with Gasteiger partial charge in [-0.05, 0) is 32.0 Å². The van der Waals surface area contributed by atoms with Gasteiger partial charge in [0.1, 0.15) is 4.90 Å². The molecule has 0 radical (unpaired) electrons. The molecule has 140 valence electrons. The lowest BCUT2D eigenvalue weighted by Gasteiger charge is -2.11. The third kappa shape index (κ3) is 3.85. The van der Waals surface area contributed by atoms with Crippen molar-refractivity contribution in [1.82, 2.24) is 9.78 Å². The molecule has 0 amide bonds. The first-order valence-corrected chi connectivity index (χ1v) is 9.08. The van der Waals surface area contributed by atoms with Gasteiger partial charge in [0.25, 0.3) is 10.0 Å². The second-order valence-electron chi connectivity index (χ2n) is 5.30. The first-order chi connectivity index (χ1) is 12.2. The molecule has 0 bridgehead atoms. The normalized spacial score (nSPS) is 11.1. The molecule has 0 atom stereocenters. The van der Waals surface area contributed by atoms with Gasteiger partial charge in [0, 0.05) is 6.54 Å². The van der Waals surface area contributed by atoms with Crippen LogP contribution in [-0.4, -0.2) is 44.4 Å². The van der Waals surface area contributed by atoms with Crippen LogP contribution in [0, 0.1) is 6.92 Å². The molecule has 0 fully saturated rings. The van der Waals surface area contributed by atoms with E-state index >= 15 is 0 Å². The summed E-state index contributed by atoms with van der Waals surface area (Å²) in [7, 11) is -1.61. The lowest BCUT2D eigenvalue weighted by atomic mass is 10.1. The molecule has 0 saturated carbocycles. The quantitative estimate of drug-likeness (QED) is 0.755. The van der Waals surface area contributed by atoms with Gasteiger partial charge in [0.15, 0.2) is 0 Å². The summed E-state index contributed by atoms with van der Waals surface area (Å²) in [6.07, 6.45) is 1.24. The van der Waals surface area contributed by atoms with Crippen molar-refractivity contribution in [3.05, 3.63) is 41.2 Å². The number of sulfonamides is 1. The van der Waals surface area contributed by atoms with E-state index in [1.165, 1.54) is 38.6 Å². The Morgan fingerprint density at radius 3 is 2.08 bits per heavy atom. The highest BCUT2D eigenvalue weighted by molar-refractivity contribution is 7.92. The second-order valence-corrected chi connectivity index (χ2v) is 6.95. The van der Waals surface area contributed by atoms with Gasteiger partial charge in [-0.1, -0.05) is 0 Å². The van der Waals surface area contributed by atoms with Gasteiger partial charge in [0.2, 0.25) is 0 Å². The summed E-state index contributed by atoms with van der Waals surface area (Å²) < 4.78 is 38.5. The summed E-state index contributed by atoms with van der Waals surface area (Å²) in [5, 5.41) is 4.01. The summed E-state index contributed by atoms with van der Waals surface area (Å²) in [5.41, 5.74) is 0.511. The maximum absolute atomic E-state index is 12.7. The average molecular weight is 381 g/mol. The first-order valence-electron chi connectivity index (χ1n) is 7.60. The average Bonchev–Trinajstić information content (AvgIpc) is 3.01. The van der Waals surface area contributed by atoms with Crippen LogP contribution in [0.15, 0.2) is 29.3 Å². The molecule has 1 aromatic carbocycles. The molecule has 9 nitrogen and oxygen atoms in total. The molecule has 0 spiro atoms. The summed E-state index contributed by atoms with van der Waals surface area (Å²) in [6, 6.07) is 3.81. The molecule has 1 heterocycles. The van der Waals surface area contributed by atoms with Crippen molar-refractivity contribution in [2.24, 2.45) is 0 Å². The number of carbonyl (C=O) groups is 2. The number of hydrogen-bond acceptors (Lipinski definition) is 7. The Balaban J connectivity index is 2.48. The predicted molar refractivity (Wildman–Crippen MR) is 92.6 cm³/mol. The highest BCUT2D eigenvalue weighted by Crippen LogP contribution is 2.22. The fourth-order valence-corrected chi connectivity index (χ4v) is 3.60. The van der Waals surface area contributed by atoms with E-state index in [-0.39, 0.29) is 21.7 Å². The van der Waals surface area contributed by atoms with Gasteiger partial charge in [-0.3, -0.25) is 9.40 Å². The molecule has 1 N–H and O–H groups in total. The molecule has 2 rings (SSSR count). The van der Waals surface area contributed by atoms with E-state index in [2.05, 4.69) is 19.3 Å². The number of carbonyl (C=O) groups excluding carboxylic acids is 2. The van der Waals surface area contributed by atoms with Crippen LogP contribution in [0.4, 0.5) is 5.69 Å². The fourth-order valence-electron chi connectivity index (χ4n) is 2.38. The second kappa shape index (κ2) is 7.56. The lowest BCUT2D eigenvalue weighted by molar-refractivity contribution is 0.0599. The molecule has 0 aliphatic heterocycles. The minimum atomic E-state index is -3.97. The largest absolute Gasteiger partial charge is 0.465 e. The van der Waals surface area contributed by atoms with Gasteiger partial charge in [-0.15, -0.1) is 0 Å². The topological polar surface area (TPSA) is 117 Å². The Morgan fingerprint density at radius 2 is 1.65 bits per heavy atom. The number of benzene rings is 1. The zero-order chi connectivity index (χ0) is 19.5. The van der Waals surface area contributed by atoms with E-state index < -0.39 is 22.0 Å². The fraction of sp³-hybridized carbons (Fsp3) is 0.312. The van der Waals surface area contributed by atoms with Gasteiger partial charge in [-0.2, -0.15) is 5.10 Å². The van der Waals surface area contributed by atoms with Crippen molar-refractivity contribution in [3.8, 4) is 0 Å². The van der Waals surface area contributed by atoms with Crippen LogP contribution < -0.4 is 4.72 Å². The number of aryl methyl sites for hydroxylation is 1. The standard InChI is InChI=1S/C16H19N3O6S/c1-5-19-10(2)14(9-17-19)26(22,23)18-13-7-11(15(20)24-3)6-12(8-13)16(21)25-4/h6-9,18H,5H2,1-4H3. The van der Waals surface area contributed by atoms with Crippen LogP contribution in [0.2, 0.25) is 0 Å². The molecule has 26 heavy (non-hydrogen) atoms. The first kappa shape index (κ1) is 19.4. The number of methoxy groups -OCH3 is 2. The van der Waals surface area contributed by atoms with E-state index in [4.69, 9.17) is 0 Å². The number of nitrogens with one attached hydrogen (secondary N) is 1. The molecule has 2 aromatic rings. The number of nitrogens with zero attached hydrogens (tertiary/aromatic N) is 2. The van der Waals surface area contributed by atoms with Gasteiger partial charge < -0.3 is 9.47 Å². The van der Waals surface area contributed by atoms with Gasteiger partial charge in [-0.25, -0.2) is 18.0 Å². The Bertz CT molecular complexity index is 915. The van der Waals surface area contributed by atoms with Crippen LogP contribution in [0.3, 0.4) is 0 Å². The Hall–Kier alpha value is -2.88. The summed E-state index contributed by atoms with van der Waals surface area (Å²) in [4.78, 5) is 23.6. The molecule has 0 aliphatic carbocycles. The van der Waals surface area contributed by atoms with Gasteiger partial charge in [0.05, 0.1) is 42.9 Å². The van der Waals surface area contributed by atoms with Crippen LogP contribution >= 0.6 is 0 Å². The number of esters is 2. The highest BCUT2D eigenvalue weighted by atomic mass is 32.2. The Kier molecular flexibility index (Phi) is 5.66. The lowest BCUT2D eigenvalue weighted by Crippen LogP contribution is -2.16. The van der Waals surface area contributed by atoms with Crippen molar-refractivity contribution in [2.75, 3.05) is 18.9 Å². The molecule has 1 aromatic heterocycles. The van der Waals surface area contributed by atoms with E-state index in [0.717, 1.165) is 0 Å². The SMILES string of the molecule is CCn1ncc(S(=O)(=O)Nc2cc(C(=O)OC)cc(C(=O)OC)c2)c1C. The molecule has 0 saturated heterocycles. The van der Waals surface area contributed by atoms with Crippen LogP contribution in [0.5, 0.6) is 0 Å². The zero-order valence-corrected chi connectivity index (χ0v) is 15.6. The Morgan fingerprint density at radius 1 is 1.12 bits per heavy atom. The summed E-state index contributed by atoms with van der Waals surface area (Å²) >= 11 is 0. The molecular weight excluding hydrogens is 362 g/mol. The maximum atomic E-state index is 12.7. The van der Waals surface area contributed by atoms with Crippen molar-refractivity contribution >= 4 is 27.6 Å². The summed E-state index contributed by atoms with van der Waals surface area (Å²) in [6.45, 7) is 3.99. The number of anilines is 1. The highest BCUT2D eigenvalue weighted by Gasteiger charge is 2.22. The Labute approximate surface area is 151 Å². The smallest absolute Gasteiger partial charge is 0.337 e. The minimum Gasteiger partial charge on any atom is -0.465 e. The number of hydrogen-bond donors (Lipinski definition) is 1. The van der Waals surface area contributed by atoms with E-state index in [1.807, 2.05) is 6.92 Å². The number of ether oxygens (including phenoxy) is 2. The van der Waals surface area contributed by atoms with Crippen molar-refractivity contribution in [3.63, 3.8) is 0 Å². The third-order valence-corrected chi connectivity index (χ3v) is 5.16. The van der Waals surface area contributed by atoms with Crippen LogP contribution in [0.25, 0.3) is 0 Å². The molecule has 0 aliphatic rings. The van der Waals surface area contributed by atoms with E-state index in [9.17, 15) is 18.0 Å². The monoisotopic (exact) mass is 381 g/mol. The van der Waals surface area contributed by atoms with Crippen molar-refractivity contribution in [2.45, 2.75) is 25.3 Å². The predicted octanol–water partition coefficient (Wildman–Crippen LogP) is 1.59. The maximum Gasteiger partial charge on any atom is 0.337 e. The minimum absolute atomic E-state index is 0.00226. The third-order valence-electron chi connectivity index (χ3n) is 3.67. The summed E-state index contributed by atoms with van der Waals surface area (Å²) in [5.74, 6) is -1.43. The molecule has 10 heteroatoms. The zero-order valence-electron chi connectivity index (χ0n) is 14.8. The number of aromatic nitrogens is 2. The van der Waals surface area contributed by atoms with Crippen molar-refractivity contribution in [1.29, 1.82) is 0 Å². The van der Waals surface area contributed by atoms with Crippen LogP contribution in [-0.2, 0) is 26.0 Å². The van der Waals surface area contributed by atoms with Gasteiger partial charge >= 0.3 is 11.9 Å². The van der Waals surface area contributed by atoms with E-state index in [1.54, 1.807) is 11.6 Å².